The highest BCUT2D eigenvalue weighted by Crippen LogP contribution is 2.10. The van der Waals surface area contributed by atoms with Gasteiger partial charge in [-0.3, -0.25) is 4.99 Å². The topological polar surface area (TPSA) is 88.2 Å². The van der Waals surface area contributed by atoms with Crippen molar-refractivity contribution in [2.75, 3.05) is 13.6 Å². The Kier molecular flexibility index (Phi) is 7.57. The second-order valence-electron chi connectivity index (χ2n) is 4.20. The molecule has 9 heteroatoms. The summed E-state index contributed by atoms with van der Waals surface area (Å²) in [5.41, 5.74) is 0. The first kappa shape index (κ1) is 17.8. The number of halogens is 1. The molecule has 0 amide bonds. The van der Waals surface area contributed by atoms with Gasteiger partial charge in [0.05, 0.1) is 6.54 Å². The van der Waals surface area contributed by atoms with Gasteiger partial charge in [-0.15, -0.1) is 35.3 Å². The lowest BCUT2D eigenvalue weighted by molar-refractivity contribution is 0.374. The normalized spacial score (nSPS) is 11.1. The van der Waals surface area contributed by atoms with Crippen LogP contribution in [0.15, 0.2) is 15.7 Å². The molecule has 0 aliphatic rings. The molecule has 2 heterocycles. The van der Waals surface area contributed by atoms with E-state index in [0.29, 0.717) is 31.2 Å². The lowest BCUT2D eigenvalue weighted by Crippen LogP contribution is -2.37. The predicted molar refractivity (Wildman–Crippen MR) is 93.2 cm³/mol. The van der Waals surface area contributed by atoms with Crippen molar-refractivity contribution in [2.45, 2.75) is 26.8 Å². The first-order valence-corrected chi connectivity index (χ1v) is 7.14. The minimum Gasteiger partial charge on any atom is -0.356 e. The van der Waals surface area contributed by atoms with Crippen LogP contribution in [0.2, 0.25) is 0 Å². The van der Waals surface area contributed by atoms with E-state index in [1.807, 2.05) is 13.1 Å². The van der Waals surface area contributed by atoms with E-state index in [4.69, 9.17) is 4.52 Å². The third-order valence-corrected chi connectivity index (χ3v) is 3.41. The lowest BCUT2D eigenvalue weighted by Gasteiger charge is -2.09. The number of hydrogen-bond donors (Lipinski definition) is 2. The van der Waals surface area contributed by atoms with Crippen molar-refractivity contribution in [1.29, 1.82) is 0 Å². The van der Waals surface area contributed by atoms with E-state index < -0.39 is 0 Å². The van der Waals surface area contributed by atoms with Crippen LogP contribution in [0.3, 0.4) is 0 Å². The fourth-order valence-electron chi connectivity index (χ4n) is 1.59. The predicted octanol–water partition coefficient (Wildman–Crippen LogP) is 1.67. The van der Waals surface area contributed by atoms with Crippen molar-refractivity contribution < 1.29 is 4.52 Å². The molecule has 7 nitrogen and oxygen atoms in total. The van der Waals surface area contributed by atoms with Crippen LogP contribution in [-0.4, -0.2) is 34.7 Å². The Bertz CT molecular complexity index is 582. The molecule has 0 aliphatic heterocycles. The summed E-state index contributed by atoms with van der Waals surface area (Å²) in [6.07, 6.45) is 2.54. The molecular weight excluding hydrogens is 403 g/mol. The van der Waals surface area contributed by atoms with Gasteiger partial charge in [0.1, 0.15) is 5.01 Å². The third-order valence-electron chi connectivity index (χ3n) is 2.50. The molecule has 21 heavy (non-hydrogen) atoms. The van der Waals surface area contributed by atoms with Crippen LogP contribution in [-0.2, 0) is 13.0 Å². The molecule has 0 fully saturated rings. The number of aryl methyl sites for hydroxylation is 2. The first-order chi connectivity index (χ1) is 9.67. The molecule has 0 radical (unpaired) electrons. The van der Waals surface area contributed by atoms with E-state index >= 15 is 0 Å². The van der Waals surface area contributed by atoms with Crippen LogP contribution in [0.4, 0.5) is 0 Å². The maximum absolute atomic E-state index is 5.04. The Morgan fingerprint density at radius 2 is 2.19 bits per heavy atom. The zero-order valence-electron chi connectivity index (χ0n) is 12.2. The molecule has 0 saturated heterocycles. The van der Waals surface area contributed by atoms with Crippen LogP contribution < -0.4 is 10.6 Å². The minimum absolute atomic E-state index is 0. The Morgan fingerprint density at radius 3 is 2.76 bits per heavy atom. The zero-order valence-corrected chi connectivity index (χ0v) is 15.4. The van der Waals surface area contributed by atoms with Gasteiger partial charge in [-0.25, -0.2) is 4.98 Å². The highest BCUT2D eigenvalue weighted by molar-refractivity contribution is 14.0. The molecular formula is C12H19IN6OS. The van der Waals surface area contributed by atoms with Gasteiger partial charge >= 0.3 is 0 Å². The maximum Gasteiger partial charge on any atom is 0.228 e. The lowest BCUT2D eigenvalue weighted by atomic mass is 10.4. The van der Waals surface area contributed by atoms with Crippen molar-refractivity contribution in [3.8, 4) is 0 Å². The zero-order chi connectivity index (χ0) is 14.4. The summed E-state index contributed by atoms with van der Waals surface area (Å²) in [7, 11) is 1.74. The van der Waals surface area contributed by atoms with Gasteiger partial charge in [0, 0.05) is 31.1 Å². The summed E-state index contributed by atoms with van der Waals surface area (Å²) >= 11 is 1.67. The van der Waals surface area contributed by atoms with Crippen molar-refractivity contribution >= 4 is 41.3 Å². The van der Waals surface area contributed by atoms with Gasteiger partial charge in [0.25, 0.3) is 0 Å². The van der Waals surface area contributed by atoms with Gasteiger partial charge in [-0.1, -0.05) is 5.16 Å². The third kappa shape index (κ3) is 5.96. The fraction of sp³-hybridized carbons (Fsp3) is 0.500. The summed E-state index contributed by atoms with van der Waals surface area (Å²) < 4.78 is 5.04. The Balaban J connectivity index is 0.00000220. The highest BCUT2D eigenvalue weighted by Gasteiger charge is 2.04. The monoisotopic (exact) mass is 422 g/mol. The van der Waals surface area contributed by atoms with Gasteiger partial charge < -0.3 is 15.2 Å². The number of rotatable bonds is 5. The Morgan fingerprint density at radius 1 is 1.38 bits per heavy atom. The van der Waals surface area contributed by atoms with E-state index in [9.17, 15) is 0 Å². The van der Waals surface area contributed by atoms with Crippen LogP contribution in [0.1, 0.15) is 21.6 Å². The number of nitrogens with one attached hydrogen (secondary N) is 2. The number of thiazole rings is 1. The standard InChI is InChI=1S/C12H18N6OS.HI/c1-8-6-15-11(20-8)7-16-12(13-3)14-5-4-10-17-9(2)18-19-10;/h6H,4-5,7H2,1-3H3,(H2,13,14,16);1H. The second-order valence-corrected chi connectivity index (χ2v) is 5.52. The summed E-state index contributed by atoms with van der Waals surface area (Å²) in [5.74, 6) is 2.01. The number of hydrogen-bond acceptors (Lipinski definition) is 6. The molecule has 0 saturated carbocycles. The van der Waals surface area contributed by atoms with E-state index in [0.717, 1.165) is 11.0 Å². The minimum atomic E-state index is 0. The summed E-state index contributed by atoms with van der Waals surface area (Å²) in [6.45, 7) is 5.19. The SMILES string of the molecule is CN=C(NCCc1nc(C)no1)NCc1ncc(C)s1.I. The quantitative estimate of drug-likeness (QED) is 0.433. The molecule has 2 aromatic rings. The molecule has 0 unspecified atom stereocenters. The summed E-state index contributed by atoms with van der Waals surface area (Å²) in [6, 6.07) is 0. The molecule has 0 aromatic carbocycles. The van der Waals surface area contributed by atoms with E-state index in [2.05, 4.69) is 30.8 Å². The molecule has 2 rings (SSSR count). The van der Waals surface area contributed by atoms with Crippen molar-refractivity contribution in [3.63, 3.8) is 0 Å². The molecule has 2 N–H and O–H groups in total. The van der Waals surface area contributed by atoms with Crippen molar-refractivity contribution in [3.05, 3.63) is 27.8 Å². The molecule has 0 bridgehead atoms. The molecule has 2 aromatic heterocycles. The highest BCUT2D eigenvalue weighted by atomic mass is 127. The van der Waals surface area contributed by atoms with Crippen molar-refractivity contribution in [2.24, 2.45) is 4.99 Å². The van der Waals surface area contributed by atoms with Crippen LogP contribution in [0.25, 0.3) is 0 Å². The number of aliphatic imine (C=N–C) groups is 1. The number of guanidine groups is 1. The maximum atomic E-state index is 5.04. The Labute approximate surface area is 144 Å². The van der Waals surface area contributed by atoms with E-state index in [-0.39, 0.29) is 24.0 Å². The van der Waals surface area contributed by atoms with Crippen LogP contribution >= 0.6 is 35.3 Å². The van der Waals surface area contributed by atoms with Crippen molar-refractivity contribution in [1.82, 2.24) is 25.8 Å². The van der Waals surface area contributed by atoms with E-state index in [1.54, 1.807) is 25.3 Å². The summed E-state index contributed by atoms with van der Waals surface area (Å²) in [4.78, 5) is 13.8. The summed E-state index contributed by atoms with van der Waals surface area (Å²) in [5, 5.41) is 11.2. The van der Waals surface area contributed by atoms with Gasteiger partial charge in [-0.05, 0) is 13.8 Å². The second kappa shape index (κ2) is 8.93. The van der Waals surface area contributed by atoms with Crippen LogP contribution in [0, 0.1) is 13.8 Å². The van der Waals surface area contributed by atoms with Gasteiger partial charge in [0.2, 0.25) is 5.89 Å². The number of nitrogens with zero attached hydrogens (tertiary/aromatic N) is 4. The average Bonchev–Trinajstić information content (AvgIpc) is 3.02. The largest absolute Gasteiger partial charge is 0.356 e. The molecule has 116 valence electrons. The van der Waals surface area contributed by atoms with Crippen LogP contribution in [0.5, 0.6) is 0 Å². The van der Waals surface area contributed by atoms with E-state index in [1.165, 1.54) is 4.88 Å². The average molecular weight is 422 g/mol. The Hall–Kier alpha value is -1.23. The number of aromatic nitrogens is 3. The smallest absolute Gasteiger partial charge is 0.228 e. The first-order valence-electron chi connectivity index (χ1n) is 6.32. The molecule has 0 aliphatic carbocycles. The molecule has 0 atom stereocenters. The van der Waals surface area contributed by atoms with Gasteiger partial charge in [-0.2, -0.15) is 4.98 Å². The fourth-order valence-corrected chi connectivity index (χ4v) is 2.32. The molecule has 0 spiro atoms. The van der Waals surface area contributed by atoms with Gasteiger partial charge in [0.15, 0.2) is 11.8 Å².